The van der Waals surface area contributed by atoms with Crippen molar-refractivity contribution in [2.45, 2.75) is 51.0 Å². The van der Waals surface area contributed by atoms with E-state index >= 15 is 0 Å². The van der Waals surface area contributed by atoms with E-state index in [2.05, 4.69) is 12.2 Å². The van der Waals surface area contributed by atoms with Gasteiger partial charge in [-0.25, -0.2) is 4.79 Å². The summed E-state index contributed by atoms with van der Waals surface area (Å²) in [6.45, 7) is 2.54. The highest BCUT2D eigenvalue weighted by molar-refractivity contribution is 6.10. The molecular formula is C21H27N3O4. The van der Waals surface area contributed by atoms with Gasteiger partial charge in [0, 0.05) is 12.2 Å². The van der Waals surface area contributed by atoms with E-state index in [0.717, 1.165) is 47.6 Å². The van der Waals surface area contributed by atoms with Gasteiger partial charge in [0.05, 0.1) is 7.11 Å². The minimum absolute atomic E-state index is 0.215. The number of hydrogen-bond donors (Lipinski definition) is 1. The molecule has 2 heterocycles. The van der Waals surface area contributed by atoms with Crippen LogP contribution in [-0.2, 0) is 16.0 Å². The molecule has 1 aliphatic carbocycles. The maximum absolute atomic E-state index is 13.0. The highest BCUT2D eigenvalue weighted by Crippen LogP contribution is 2.36. The number of carbonyl (C=O) groups is 3. The van der Waals surface area contributed by atoms with Crippen molar-refractivity contribution in [2.75, 3.05) is 25.1 Å². The maximum atomic E-state index is 13.0. The van der Waals surface area contributed by atoms with Crippen LogP contribution in [0.5, 0.6) is 5.75 Å². The molecule has 0 radical (unpaired) electrons. The lowest BCUT2D eigenvalue weighted by molar-refractivity contribution is -0.135. The van der Waals surface area contributed by atoms with E-state index in [0.29, 0.717) is 25.3 Å². The first-order valence-corrected chi connectivity index (χ1v) is 10.0. The Bertz CT molecular complexity index is 814. The number of aryl methyl sites for hydroxylation is 1. The van der Waals surface area contributed by atoms with E-state index in [9.17, 15) is 14.4 Å². The Morgan fingerprint density at radius 2 is 2.04 bits per heavy atom. The number of urea groups is 1. The summed E-state index contributed by atoms with van der Waals surface area (Å²) in [6, 6.07) is 5.21. The fraction of sp³-hybridized carbons (Fsp3) is 0.571. The first-order chi connectivity index (χ1) is 13.4. The van der Waals surface area contributed by atoms with E-state index < -0.39 is 11.6 Å². The predicted octanol–water partition coefficient (Wildman–Crippen LogP) is 2.48. The van der Waals surface area contributed by atoms with Gasteiger partial charge in [-0.05, 0) is 68.2 Å². The number of imide groups is 1. The lowest BCUT2D eigenvalue weighted by Crippen LogP contribution is -2.50. The normalized spacial score (nSPS) is 27.0. The van der Waals surface area contributed by atoms with E-state index in [4.69, 9.17) is 4.74 Å². The van der Waals surface area contributed by atoms with Gasteiger partial charge in [-0.2, -0.15) is 0 Å². The van der Waals surface area contributed by atoms with E-state index in [1.54, 1.807) is 12.0 Å². The third kappa shape index (κ3) is 3.12. The molecule has 3 aliphatic rings. The molecule has 150 valence electrons. The van der Waals surface area contributed by atoms with Gasteiger partial charge in [-0.1, -0.05) is 6.92 Å². The van der Waals surface area contributed by atoms with E-state index in [1.165, 1.54) is 0 Å². The van der Waals surface area contributed by atoms with Crippen molar-refractivity contribution in [1.82, 2.24) is 10.2 Å². The van der Waals surface area contributed by atoms with Gasteiger partial charge in [-0.3, -0.25) is 14.5 Å². The van der Waals surface area contributed by atoms with Crippen LogP contribution in [0.1, 0.15) is 44.6 Å². The molecular weight excluding hydrogens is 358 g/mol. The third-order valence-electron chi connectivity index (χ3n) is 6.37. The van der Waals surface area contributed by atoms with Crippen LogP contribution in [-0.4, -0.2) is 48.5 Å². The summed E-state index contributed by atoms with van der Waals surface area (Å²) in [5, 5.41) is 2.88. The maximum Gasteiger partial charge on any atom is 0.325 e. The standard InChI is InChI=1S/C21H27N3O4/c1-14-7-9-21(10-8-14)19(26)24(20(27)22-21)13-18(25)23-11-3-4-15-12-16(28-2)5-6-17(15)23/h5-6,12,14H,3-4,7-11,13H2,1-2H3,(H,22,27). The lowest BCUT2D eigenvalue weighted by Gasteiger charge is -2.34. The molecule has 0 bridgehead atoms. The molecule has 7 heteroatoms. The Hall–Kier alpha value is -2.57. The van der Waals surface area contributed by atoms with Crippen molar-refractivity contribution in [3.05, 3.63) is 23.8 Å². The smallest absolute Gasteiger partial charge is 0.325 e. The van der Waals surface area contributed by atoms with Gasteiger partial charge in [0.25, 0.3) is 5.91 Å². The zero-order valence-electron chi connectivity index (χ0n) is 16.5. The molecule has 1 aromatic carbocycles. The number of ether oxygens (including phenoxy) is 1. The summed E-state index contributed by atoms with van der Waals surface area (Å²) in [7, 11) is 1.62. The van der Waals surface area contributed by atoms with Crippen molar-refractivity contribution in [3.8, 4) is 5.75 Å². The number of rotatable bonds is 3. The SMILES string of the molecule is COc1ccc2c(c1)CCCN2C(=O)CN1C(=O)NC2(CCC(C)CC2)C1=O. The summed E-state index contributed by atoms with van der Waals surface area (Å²) in [6.07, 6.45) is 4.84. The van der Waals surface area contributed by atoms with Gasteiger partial charge in [0.15, 0.2) is 0 Å². The molecule has 1 saturated heterocycles. The van der Waals surface area contributed by atoms with Crippen molar-refractivity contribution in [2.24, 2.45) is 5.92 Å². The number of anilines is 1. The minimum Gasteiger partial charge on any atom is -0.497 e. The van der Waals surface area contributed by atoms with Gasteiger partial charge < -0.3 is 15.0 Å². The van der Waals surface area contributed by atoms with Crippen LogP contribution < -0.4 is 15.0 Å². The molecule has 1 N–H and O–H groups in total. The quantitative estimate of drug-likeness (QED) is 0.811. The van der Waals surface area contributed by atoms with E-state index in [1.807, 2.05) is 18.2 Å². The highest BCUT2D eigenvalue weighted by atomic mass is 16.5. The molecule has 0 unspecified atom stereocenters. The largest absolute Gasteiger partial charge is 0.497 e. The topological polar surface area (TPSA) is 79.0 Å². The molecule has 7 nitrogen and oxygen atoms in total. The Morgan fingerprint density at radius 1 is 1.29 bits per heavy atom. The van der Waals surface area contributed by atoms with Gasteiger partial charge >= 0.3 is 6.03 Å². The molecule has 4 rings (SSSR count). The van der Waals surface area contributed by atoms with Crippen LogP contribution in [0, 0.1) is 5.92 Å². The van der Waals surface area contributed by atoms with Crippen LogP contribution in [0.3, 0.4) is 0 Å². The fourth-order valence-electron chi connectivity index (χ4n) is 4.59. The first kappa shape index (κ1) is 18.8. The Morgan fingerprint density at radius 3 is 2.75 bits per heavy atom. The molecule has 1 spiro atoms. The second kappa shape index (κ2) is 7.11. The number of hydrogen-bond acceptors (Lipinski definition) is 4. The van der Waals surface area contributed by atoms with Gasteiger partial charge in [-0.15, -0.1) is 0 Å². The summed E-state index contributed by atoms with van der Waals surface area (Å²) in [5.74, 6) is 0.851. The van der Waals surface area contributed by atoms with Crippen molar-refractivity contribution in [1.29, 1.82) is 0 Å². The van der Waals surface area contributed by atoms with E-state index in [-0.39, 0.29) is 18.4 Å². The average Bonchev–Trinajstić information content (AvgIpc) is 2.93. The number of fused-ring (bicyclic) bond motifs is 1. The van der Waals surface area contributed by atoms with Crippen LogP contribution >= 0.6 is 0 Å². The summed E-state index contributed by atoms with van der Waals surface area (Å²) in [4.78, 5) is 41.3. The second-order valence-electron chi connectivity index (χ2n) is 8.23. The number of benzene rings is 1. The Balaban J connectivity index is 1.50. The van der Waals surface area contributed by atoms with Crippen LogP contribution in [0.25, 0.3) is 0 Å². The predicted molar refractivity (Wildman–Crippen MR) is 104 cm³/mol. The number of nitrogens with zero attached hydrogens (tertiary/aromatic N) is 2. The molecule has 1 aromatic rings. The highest BCUT2D eigenvalue weighted by Gasteiger charge is 2.52. The van der Waals surface area contributed by atoms with Crippen LogP contribution in [0.15, 0.2) is 18.2 Å². The van der Waals surface area contributed by atoms with Crippen LogP contribution in [0.2, 0.25) is 0 Å². The zero-order chi connectivity index (χ0) is 19.9. The van der Waals surface area contributed by atoms with Crippen molar-refractivity contribution >= 4 is 23.5 Å². The Kier molecular flexibility index (Phi) is 4.77. The average molecular weight is 385 g/mol. The van der Waals surface area contributed by atoms with Crippen molar-refractivity contribution < 1.29 is 19.1 Å². The molecule has 2 aliphatic heterocycles. The first-order valence-electron chi connectivity index (χ1n) is 10.0. The number of carbonyl (C=O) groups excluding carboxylic acids is 3. The van der Waals surface area contributed by atoms with Crippen molar-refractivity contribution in [3.63, 3.8) is 0 Å². The summed E-state index contributed by atoms with van der Waals surface area (Å²) < 4.78 is 5.27. The molecule has 0 aromatic heterocycles. The Labute approximate surface area is 165 Å². The number of methoxy groups -OCH3 is 1. The fourth-order valence-corrected chi connectivity index (χ4v) is 4.59. The molecule has 0 atom stereocenters. The monoisotopic (exact) mass is 385 g/mol. The molecule has 28 heavy (non-hydrogen) atoms. The second-order valence-corrected chi connectivity index (χ2v) is 8.23. The third-order valence-corrected chi connectivity index (χ3v) is 6.37. The van der Waals surface area contributed by atoms with Gasteiger partial charge in [0.1, 0.15) is 17.8 Å². The summed E-state index contributed by atoms with van der Waals surface area (Å²) in [5.41, 5.74) is 1.08. The zero-order valence-corrected chi connectivity index (χ0v) is 16.5. The van der Waals surface area contributed by atoms with Gasteiger partial charge in [0.2, 0.25) is 5.91 Å². The molecule has 2 fully saturated rings. The number of amides is 4. The lowest BCUT2D eigenvalue weighted by atomic mass is 9.77. The number of nitrogens with one attached hydrogen (secondary N) is 1. The summed E-state index contributed by atoms with van der Waals surface area (Å²) >= 11 is 0. The minimum atomic E-state index is -0.808. The molecule has 1 saturated carbocycles. The molecule has 4 amide bonds. The van der Waals surface area contributed by atoms with Crippen LogP contribution in [0.4, 0.5) is 10.5 Å².